The molecule has 0 aliphatic carbocycles. The summed E-state index contributed by atoms with van der Waals surface area (Å²) in [5.41, 5.74) is 0. The Kier molecular flexibility index (Phi) is 4.05. The first kappa shape index (κ1) is 10.3. The quantitative estimate of drug-likeness (QED) is 0.745. The van der Waals surface area contributed by atoms with Gasteiger partial charge in [0.1, 0.15) is 11.8 Å². The first-order chi connectivity index (χ1) is 6.24. The minimum Gasteiger partial charge on any atom is -0.368 e. The molecule has 0 aromatic heterocycles. The molecule has 0 spiro atoms. The third kappa shape index (κ3) is 3.24. The minimum absolute atomic E-state index is 0.125. The average molecular weight is 202 g/mol. The summed E-state index contributed by atoms with van der Waals surface area (Å²) >= 11 is 0. The number of rotatable bonds is 4. The van der Waals surface area contributed by atoms with Crippen molar-refractivity contribution in [1.82, 2.24) is 0 Å². The molecule has 1 aromatic rings. The molecule has 1 atom stereocenters. The van der Waals surface area contributed by atoms with Crippen molar-refractivity contribution in [2.24, 2.45) is 0 Å². The molecular weight excluding hydrogens is 191 g/mol. The first-order valence-electron chi connectivity index (χ1n) is 3.95. The zero-order valence-electron chi connectivity index (χ0n) is 7.33. The van der Waals surface area contributed by atoms with E-state index in [4.69, 9.17) is 4.74 Å². The number of ether oxygens (including phenoxy) is 1. The summed E-state index contributed by atoms with van der Waals surface area (Å²) in [6.45, 7) is 2.34. The van der Waals surface area contributed by atoms with Crippen LogP contribution in [-0.2, 0) is 15.5 Å². The molecule has 0 fully saturated rings. The van der Waals surface area contributed by atoms with E-state index in [1.165, 1.54) is 18.2 Å². The fraction of sp³-hybridized carbons (Fsp3) is 0.333. The van der Waals surface area contributed by atoms with Crippen LogP contribution in [-0.4, -0.2) is 16.8 Å². The van der Waals surface area contributed by atoms with Crippen LogP contribution in [0.4, 0.5) is 4.39 Å². The normalized spacial score (nSPS) is 12.8. The molecule has 0 heterocycles. The molecule has 0 amide bonds. The largest absolute Gasteiger partial charge is 0.368 e. The molecule has 1 unspecified atom stereocenters. The van der Waals surface area contributed by atoms with E-state index in [9.17, 15) is 8.60 Å². The number of halogens is 1. The Morgan fingerprint density at radius 1 is 1.54 bits per heavy atom. The highest BCUT2D eigenvalue weighted by Crippen LogP contribution is 2.08. The standard InChI is InChI=1S/C9H11FO2S/c1-2-12-7-13(11)9-5-3-4-8(10)6-9/h3-6H,2,7H2,1H3. The van der Waals surface area contributed by atoms with Gasteiger partial charge >= 0.3 is 0 Å². The molecule has 2 nitrogen and oxygen atoms in total. The van der Waals surface area contributed by atoms with Gasteiger partial charge in [-0.2, -0.15) is 0 Å². The van der Waals surface area contributed by atoms with E-state index in [1.807, 2.05) is 6.92 Å². The molecule has 0 bridgehead atoms. The third-order valence-corrected chi connectivity index (χ3v) is 2.61. The van der Waals surface area contributed by atoms with Crippen LogP contribution in [0, 0.1) is 5.82 Å². The predicted octanol–water partition coefficient (Wildman–Crippen LogP) is 1.93. The maximum absolute atomic E-state index is 12.7. The lowest BCUT2D eigenvalue weighted by Gasteiger charge is -2.01. The van der Waals surface area contributed by atoms with Crippen LogP contribution in [0.2, 0.25) is 0 Å². The van der Waals surface area contributed by atoms with Crippen molar-refractivity contribution < 1.29 is 13.3 Å². The monoisotopic (exact) mass is 202 g/mol. The van der Waals surface area contributed by atoms with Crippen molar-refractivity contribution in [2.75, 3.05) is 12.5 Å². The van der Waals surface area contributed by atoms with Crippen LogP contribution in [0.25, 0.3) is 0 Å². The van der Waals surface area contributed by atoms with E-state index in [-0.39, 0.29) is 11.8 Å². The summed E-state index contributed by atoms with van der Waals surface area (Å²) in [6, 6.07) is 5.74. The van der Waals surface area contributed by atoms with Gasteiger partial charge in [0.05, 0.1) is 10.8 Å². The lowest BCUT2D eigenvalue weighted by atomic mass is 10.4. The van der Waals surface area contributed by atoms with Gasteiger partial charge in [-0.05, 0) is 25.1 Å². The summed E-state index contributed by atoms with van der Waals surface area (Å²) in [7, 11) is -1.26. The summed E-state index contributed by atoms with van der Waals surface area (Å²) in [5, 5.41) is 0. The first-order valence-corrected chi connectivity index (χ1v) is 5.27. The highest BCUT2D eigenvalue weighted by atomic mass is 32.2. The van der Waals surface area contributed by atoms with Crippen LogP contribution in [0.3, 0.4) is 0 Å². The molecule has 0 N–H and O–H groups in total. The fourth-order valence-corrected chi connectivity index (χ4v) is 1.76. The van der Waals surface area contributed by atoms with Gasteiger partial charge in [-0.1, -0.05) is 6.07 Å². The van der Waals surface area contributed by atoms with Gasteiger partial charge in [0, 0.05) is 11.5 Å². The van der Waals surface area contributed by atoms with Gasteiger partial charge in [-0.15, -0.1) is 0 Å². The Morgan fingerprint density at radius 3 is 2.92 bits per heavy atom. The summed E-state index contributed by atoms with van der Waals surface area (Å²) < 4.78 is 29.0. The number of benzene rings is 1. The molecule has 1 aromatic carbocycles. The zero-order valence-corrected chi connectivity index (χ0v) is 8.14. The van der Waals surface area contributed by atoms with E-state index in [0.717, 1.165) is 0 Å². The second-order valence-electron chi connectivity index (χ2n) is 2.41. The molecule has 72 valence electrons. The molecule has 13 heavy (non-hydrogen) atoms. The molecular formula is C9H11FO2S. The van der Waals surface area contributed by atoms with Gasteiger partial charge in [0.2, 0.25) is 0 Å². The summed E-state index contributed by atoms with van der Waals surface area (Å²) in [5.74, 6) is -0.248. The predicted molar refractivity (Wildman–Crippen MR) is 49.3 cm³/mol. The Bertz CT molecular complexity index is 301. The van der Waals surface area contributed by atoms with Crippen LogP contribution in [0.15, 0.2) is 29.2 Å². The van der Waals surface area contributed by atoms with E-state index in [1.54, 1.807) is 6.07 Å². The molecule has 4 heteroatoms. The third-order valence-electron chi connectivity index (χ3n) is 1.45. The maximum Gasteiger partial charge on any atom is 0.126 e. The second kappa shape index (κ2) is 5.09. The van der Waals surface area contributed by atoms with Gasteiger partial charge < -0.3 is 4.74 Å². The van der Waals surface area contributed by atoms with Crippen LogP contribution >= 0.6 is 0 Å². The van der Waals surface area contributed by atoms with E-state index in [2.05, 4.69) is 0 Å². The van der Waals surface area contributed by atoms with E-state index in [0.29, 0.717) is 11.5 Å². The maximum atomic E-state index is 12.7. The van der Waals surface area contributed by atoms with Gasteiger partial charge in [-0.25, -0.2) is 4.39 Å². The van der Waals surface area contributed by atoms with Crippen molar-refractivity contribution in [3.05, 3.63) is 30.1 Å². The van der Waals surface area contributed by atoms with Crippen molar-refractivity contribution in [1.29, 1.82) is 0 Å². The van der Waals surface area contributed by atoms with Crippen molar-refractivity contribution >= 4 is 10.8 Å². The molecule has 0 radical (unpaired) electrons. The lowest BCUT2D eigenvalue weighted by molar-refractivity contribution is 0.196. The smallest absolute Gasteiger partial charge is 0.126 e. The van der Waals surface area contributed by atoms with Crippen LogP contribution in [0.1, 0.15) is 6.92 Å². The lowest BCUT2D eigenvalue weighted by Crippen LogP contribution is -2.02. The average Bonchev–Trinajstić information content (AvgIpc) is 2.14. The van der Waals surface area contributed by atoms with Crippen molar-refractivity contribution in [2.45, 2.75) is 11.8 Å². The SMILES string of the molecule is CCOCS(=O)c1cccc(F)c1. The molecule has 1 rings (SSSR count). The van der Waals surface area contributed by atoms with E-state index >= 15 is 0 Å². The fourth-order valence-electron chi connectivity index (χ4n) is 0.836. The highest BCUT2D eigenvalue weighted by Gasteiger charge is 2.03. The van der Waals surface area contributed by atoms with Gasteiger partial charge in [-0.3, -0.25) is 4.21 Å². The zero-order chi connectivity index (χ0) is 9.68. The Balaban J connectivity index is 2.66. The van der Waals surface area contributed by atoms with Crippen molar-refractivity contribution in [3.8, 4) is 0 Å². The number of hydrogen-bond acceptors (Lipinski definition) is 2. The summed E-state index contributed by atoms with van der Waals surface area (Å²) in [4.78, 5) is 0.466. The van der Waals surface area contributed by atoms with Gasteiger partial charge in [0.15, 0.2) is 0 Å². The van der Waals surface area contributed by atoms with Crippen LogP contribution in [0.5, 0.6) is 0 Å². The Hall–Kier alpha value is -0.740. The second-order valence-corrected chi connectivity index (χ2v) is 3.81. The number of hydrogen-bond donors (Lipinski definition) is 0. The molecule has 0 saturated heterocycles. The Labute approximate surface area is 79.2 Å². The highest BCUT2D eigenvalue weighted by molar-refractivity contribution is 7.84. The molecule has 0 saturated carbocycles. The molecule has 0 aliphatic heterocycles. The van der Waals surface area contributed by atoms with Crippen molar-refractivity contribution in [3.63, 3.8) is 0 Å². The topological polar surface area (TPSA) is 26.3 Å². The molecule has 0 aliphatic rings. The minimum atomic E-state index is -1.26. The summed E-state index contributed by atoms with van der Waals surface area (Å²) in [6.07, 6.45) is 0. The van der Waals surface area contributed by atoms with E-state index < -0.39 is 10.8 Å². The van der Waals surface area contributed by atoms with Gasteiger partial charge in [0.25, 0.3) is 0 Å². The Morgan fingerprint density at radius 2 is 2.31 bits per heavy atom. The van der Waals surface area contributed by atoms with Crippen LogP contribution < -0.4 is 0 Å².